The Kier molecular flexibility index (Phi) is 4.71. The number of aromatic nitrogens is 4. The number of hydrogen-bond acceptors (Lipinski definition) is 6. The van der Waals surface area contributed by atoms with Crippen molar-refractivity contribution in [3.05, 3.63) is 54.0 Å². The minimum absolute atomic E-state index is 0.102. The molecule has 1 saturated heterocycles. The van der Waals surface area contributed by atoms with Crippen molar-refractivity contribution >= 4 is 29.2 Å². The summed E-state index contributed by atoms with van der Waals surface area (Å²) in [4.78, 5) is 22.9. The number of carbonyl (C=O) groups is 1. The predicted octanol–water partition coefficient (Wildman–Crippen LogP) is 2.69. The Bertz CT molecular complexity index is 929. The molecule has 7 nitrogen and oxygen atoms in total. The highest BCUT2D eigenvalue weighted by atomic mass is 35.5. The molecule has 1 aliphatic heterocycles. The highest BCUT2D eigenvalue weighted by molar-refractivity contribution is 6.17. The van der Waals surface area contributed by atoms with Gasteiger partial charge in [-0.05, 0) is 36.6 Å². The summed E-state index contributed by atoms with van der Waals surface area (Å²) in [5, 5.41) is 4.24. The molecule has 4 rings (SSSR count). The summed E-state index contributed by atoms with van der Waals surface area (Å²) in [6.45, 7) is 1.20. The van der Waals surface area contributed by atoms with E-state index >= 15 is 0 Å². The van der Waals surface area contributed by atoms with Gasteiger partial charge in [0.05, 0.1) is 11.6 Å². The fraction of sp³-hybridized carbons (Fsp3) is 0.333. The zero-order valence-corrected chi connectivity index (χ0v) is 14.8. The SMILES string of the molecule is O=C(OC[C@H]1CCCN1c1ccnc2ncnn12)c1cccc(CCl)c1. The molecule has 0 bridgehead atoms. The molecule has 2 aromatic heterocycles. The van der Waals surface area contributed by atoms with Gasteiger partial charge in [0.1, 0.15) is 18.8 Å². The minimum atomic E-state index is -0.329. The molecule has 0 saturated carbocycles. The zero-order chi connectivity index (χ0) is 17.9. The molecule has 1 fully saturated rings. The zero-order valence-electron chi connectivity index (χ0n) is 14.1. The van der Waals surface area contributed by atoms with Crippen LogP contribution in [-0.2, 0) is 10.6 Å². The van der Waals surface area contributed by atoms with Crippen LogP contribution in [0.4, 0.5) is 5.82 Å². The Morgan fingerprint density at radius 1 is 1.31 bits per heavy atom. The third kappa shape index (κ3) is 3.22. The number of halogens is 1. The molecule has 3 aromatic rings. The van der Waals surface area contributed by atoms with Gasteiger partial charge in [-0.15, -0.1) is 11.6 Å². The lowest BCUT2D eigenvalue weighted by Gasteiger charge is -2.26. The first kappa shape index (κ1) is 16.8. The van der Waals surface area contributed by atoms with Crippen LogP contribution in [-0.4, -0.2) is 44.7 Å². The van der Waals surface area contributed by atoms with E-state index in [4.69, 9.17) is 16.3 Å². The number of carbonyl (C=O) groups excluding carboxylic acids is 1. The number of esters is 1. The lowest BCUT2D eigenvalue weighted by molar-refractivity contribution is 0.0482. The number of hydrogen-bond donors (Lipinski definition) is 0. The highest BCUT2D eigenvalue weighted by Crippen LogP contribution is 2.25. The summed E-state index contributed by atoms with van der Waals surface area (Å²) < 4.78 is 7.28. The van der Waals surface area contributed by atoms with Crippen LogP contribution in [0.25, 0.3) is 5.78 Å². The Hall–Kier alpha value is -2.67. The molecular weight excluding hydrogens is 354 g/mol. The van der Waals surface area contributed by atoms with E-state index in [0.717, 1.165) is 30.8 Å². The van der Waals surface area contributed by atoms with Crippen LogP contribution in [0.15, 0.2) is 42.9 Å². The first-order valence-electron chi connectivity index (χ1n) is 8.49. The Morgan fingerprint density at radius 3 is 3.12 bits per heavy atom. The third-order valence-corrected chi connectivity index (χ3v) is 4.86. The second kappa shape index (κ2) is 7.29. The van der Waals surface area contributed by atoms with Crippen LogP contribution < -0.4 is 4.90 Å². The smallest absolute Gasteiger partial charge is 0.338 e. The first-order valence-corrected chi connectivity index (χ1v) is 9.03. The Morgan fingerprint density at radius 2 is 2.23 bits per heavy atom. The number of nitrogens with zero attached hydrogens (tertiary/aromatic N) is 5. The van der Waals surface area contributed by atoms with Crippen LogP contribution in [0.3, 0.4) is 0 Å². The van der Waals surface area contributed by atoms with Gasteiger partial charge < -0.3 is 9.64 Å². The van der Waals surface area contributed by atoms with Gasteiger partial charge in [-0.3, -0.25) is 0 Å². The minimum Gasteiger partial charge on any atom is -0.460 e. The van der Waals surface area contributed by atoms with E-state index in [1.807, 2.05) is 18.2 Å². The molecule has 1 aliphatic rings. The van der Waals surface area contributed by atoms with Gasteiger partial charge >= 0.3 is 5.97 Å². The molecule has 0 spiro atoms. The predicted molar refractivity (Wildman–Crippen MR) is 97.4 cm³/mol. The molecule has 1 atom stereocenters. The average molecular weight is 372 g/mol. The quantitative estimate of drug-likeness (QED) is 0.507. The van der Waals surface area contributed by atoms with Crippen molar-refractivity contribution in [2.24, 2.45) is 0 Å². The lowest BCUT2D eigenvalue weighted by atomic mass is 10.1. The second-order valence-corrected chi connectivity index (χ2v) is 6.46. The van der Waals surface area contributed by atoms with Crippen LogP contribution in [0, 0.1) is 0 Å². The van der Waals surface area contributed by atoms with Gasteiger partial charge in [-0.25, -0.2) is 9.78 Å². The van der Waals surface area contributed by atoms with Crippen molar-refractivity contribution in [3.8, 4) is 0 Å². The normalized spacial score (nSPS) is 17.0. The van der Waals surface area contributed by atoms with Gasteiger partial charge in [0.25, 0.3) is 5.78 Å². The van der Waals surface area contributed by atoms with Crippen molar-refractivity contribution in [2.75, 3.05) is 18.1 Å². The summed E-state index contributed by atoms with van der Waals surface area (Å²) in [6, 6.07) is 9.22. The first-order chi connectivity index (χ1) is 12.8. The van der Waals surface area contributed by atoms with Crippen LogP contribution in [0.2, 0.25) is 0 Å². The number of anilines is 1. The number of alkyl halides is 1. The summed E-state index contributed by atoms with van der Waals surface area (Å²) in [5.41, 5.74) is 1.42. The van der Waals surface area contributed by atoms with Crippen molar-refractivity contribution in [1.82, 2.24) is 19.6 Å². The Labute approximate surface area is 155 Å². The van der Waals surface area contributed by atoms with Crippen LogP contribution in [0.5, 0.6) is 0 Å². The molecule has 0 unspecified atom stereocenters. The molecule has 0 aliphatic carbocycles. The van der Waals surface area contributed by atoms with Crippen LogP contribution in [0.1, 0.15) is 28.8 Å². The molecule has 1 aromatic carbocycles. The number of benzene rings is 1. The van der Waals surface area contributed by atoms with E-state index < -0.39 is 0 Å². The van der Waals surface area contributed by atoms with Gasteiger partial charge in [0.15, 0.2) is 0 Å². The summed E-state index contributed by atoms with van der Waals surface area (Å²) in [7, 11) is 0. The van der Waals surface area contributed by atoms with E-state index in [1.54, 1.807) is 22.8 Å². The lowest BCUT2D eigenvalue weighted by Crippen LogP contribution is -2.35. The molecule has 0 radical (unpaired) electrons. The molecule has 8 heteroatoms. The maximum atomic E-state index is 12.4. The maximum absolute atomic E-state index is 12.4. The van der Waals surface area contributed by atoms with Crippen molar-refractivity contribution in [1.29, 1.82) is 0 Å². The largest absolute Gasteiger partial charge is 0.460 e. The van der Waals surface area contributed by atoms with Crippen molar-refractivity contribution in [2.45, 2.75) is 24.8 Å². The summed E-state index contributed by atoms with van der Waals surface area (Å²) in [5.74, 6) is 1.51. The average Bonchev–Trinajstić information content (AvgIpc) is 3.35. The highest BCUT2D eigenvalue weighted by Gasteiger charge is 2.28. The van der Waals surface area contributed by atoms with E-state index in [0.29, 0.717) is 23.8 Å². The van der Waals surface area contributed by atoms with Gasteiger partial charge in [-0.2, -0.15) is 14.6 Å². The maximum Gasteiger partial charge on any atom is 0.338 e. The van der Waals surface area contributed by atoms with Gasteiger partial charge in [0, 0.05) is 18.6 Å². The number of fused-ring (bicyclic) bond motifs is 1. The monoisotopic (exact) mass is 371 g/mol. The Balaban J connectivity index is 1.47. The fourth-order valence-corrected chi connectivity index (χ4v) is 3.46. The molecule has 3 heterocycles. The van der Waals surface area contributed by atoms with Crippen LogP contribution >= 0.6 is 11.6 Å². The summed E-state index contributed by atoms with van der Waals surface area (Å²) >= 11 is 5.83. The second-order valence-electron chi connectivity index (χ2n) is 6.20. The number of ether oxygens (including phenoxy) is 1. The topological polar surface area (TPSA) is 72.6 Å². The van der Waals surface area contributed by atoms with Gasteiger partial charge in [0.2, 0.25) is 0 Å². The molecule has 26 heavy (non-hydrogen) atoms. The molecular formula is C18H18ClN5O2. The van der Waals surface area contributed by atoms with E-state index in [2.05, 4.69) is 20.0 Å². The van der Waals surface area contributed by atoms with E-state index in [-0.39, 0.29) is 12.0 Å². The molecule has 0 N–H and O–H groups in total. The third-order valence-electron chi connectivity index (χ3n) is 4.56. The van der Waals surface area contributed by atoms with E-state index in [9.17, 15) is 4.79 Å². The fourth-order valence-electron chi connectivity index (χ4n) is 3.29. The molecule has 0 amide bonds. The standard InChI is InChI=1S/C18H18ClN5O2/c19-10-13-3-1-4-14(9-13)17(25)26-11-15-5-2-8-23(15)16-6-7-20-18-21-12-22-24(16)18/h1,3-4,6-7,9,12,15H,2,5,8,10-11H2/t15-/m1/s1. The summed E-state index contributed by atoms with van der Waals surface area (Å²) in [6.07, 6.45) is 5.19. The van der Waals surface area contributed by atoms with E-state index in [1.165, 1.54) is 6.33 Å². The molecule has 134 valence electrons. The van der Waals surface area contributed by atoms with Crippen molar-refractivity contribution in [3.63, 3.8) is 0 Å². The van der Waals surface area contributed by atoms with Crippen molar-refractivity contribution < 1.29 is 9.53 Å². The van der Waals surface area contributed by atoms with Gasteiger partial charge in [-0.1, -0.05) is 12.1 Å². The number of rotatable bonds is 5.